The Labute approximate surface area is 169 Å². The highest BCUT2D eigenvalue weighted by Gasteiger charge is 2.23. The number of rotatable bonds is 13. The molecule has 0 aromatic carbocycles. The lowest BCUT2D eigenvalue weighted by molar-refractivity contribution is -0.137. The Morgan fingerprint density at radius 1 is 1.14 bits per heavy atom. The zero-order valence-corrected chi connectivity index (χ0v) is 18.2. The molecule has 1 rings (SSSR count). The normalized spacial score (nSPS) is 15.2. The molecule has 162 valence electrons. The standard InChI is InChI=1S/C12H18N2O3.C9H20O2/c1-2-3-4-8-13-10(15)7-9-14-11(16)5-6-12(14)17;1-5-9(3,10-4)7-8-11-6-2/h5-6H,2-4,7-9H2,1H3,(H,13,15);5-8H2,1-4H3. The minimum Gasteiger partial charge on any atom is -0.382 e. The minimum absolute atomic E-state index is 0.00910. The zero-order valence-electron chi connectivity index (χ0n) is 18.2. The van der Waals surface area contributed by atoms with Crippen molar-refractivity contribution in [2.24, 2.45) is 0 Å². The molecule has 28 heavy (non-hydrogen) atoms. The van der Waals surface area contributed by atoms with E-state index in [9.17, 15) is 14.4 Å². The summed E-state index contributed by atoms with van der Waals surface area (Å²) < 4.78 is 10.6. The number of nitrogens with one attached hydrogen (secondary N) is 1. The first-order chi connectivity index (χ1) is 13.3. The van der Waals surface area contributed by atoms with Crippen molar-refractivity contribution in [1.29, 1.82) is 0 Å². The van der Waals surface area contributed by atoms with Gasteiger partial charge in [-0.2, -0.15) is 0 Å². The third-order valence-corrected chi connectivity index (χ3v) is 4.79. The molecule has 1 N–H and O–H groups in total. The molecule has 7 heteroatoms. The molecule has 7 nitrogen and oxygen atoms in total. The fraction of sp³-hybridized carbons (Fsp3) is 0.762. The number of ether oxygens (including phenoxy) is 2. The van der Waals surface area contributed by atoms with Gasteiger partial charge in [-0.3, -0.25) is 19.3 Å². The fourth-order valence-electron chi connectivity index (χ4n) is 2.41. The van der Waals surface area contributed by atoms with Crippen LogP contribution in [0.15, 0.2) is 12.2 Å². The van der Waals surface area contributed by atoms with Gasteiger partial charge < -0.3 is 14.8 Å². The molecule has 1 atom stereocenters. The van der Waals surface area contributed by atoms with E-state index in [0.717, 1.165) is 50.2 Å². The van der Waals surface area contributed by atoms with E-state index in [0.29, 0.717) is 6.54 Å². The van der Waals surface area contributed by atoms with Crippen molar-refractivity contribution in [3.63, 3.8) is 0 Å². The van der Waals surface area contributed by atoms with Crippen molar-refractivity contribution in [2.75, 3.05) is 33.4 Å². The van der Waals surface area contributed by atoms with Crippen LogP contribution in [0, 0.1) is 0 Å². The Morgan fingerprint density at radius 2 is 1.79 bits per heavy atom. The number of unbranched alkanes of at least 4 members (excludes halogenated alkanes) is 2. The van der Waals surface area contributed by atoms with Crippen LogP contribution in [0.25, 0.3) is 0 Å². The number of carbonyl (C=O) groups excluding carboxylic acids is 3. The number of imide groups is 1. The highest BCUT2D eigenvalue weighted by atomic mass is 16.5. The maximum Gasteiger partial charge on any atom is 0.253 e. The van der Waals surface area contributed by atoms with E-state index in [-0.39, 0.29) is 36.3 Å². The van der Waals surface area contributed by atoms with Crippen LogP contribution < -0.4 is 5.32 Å². The maximum absolute atomic E-state index is 11.4. The van der Waals surface area contributed by atoms with Crippen molar-refractivity contribution in [1.82, 2.24) is 10.2 Å². The molecule has 0 bridgehead atoms. The third-order valence-electron chi connectivity index (χ3n) is 4.79. The lowest BCUT2D eigenvalue weighted by Gasteiger charge is -2.26. The van der Waals surface area contributed by atoms with E-state index in [1.807, 2.05) is 6.92 Å². The number of hydrogen-bond donors (Lipinski definition) is 1. The smallest absolute Gasteiger partial charge is 0.253 e. The van der Waals surface area contributed by atoms with E-state index >= 15 is 0 Å². The molecule has 0 spiro atoms. The van der Waals surface area contributed by atoms with Crippen LogP contribution in [0.2, 0.25) is 0 Å². The van der Waals surface area contributed by atoms with E-state index in [1.54, 1.807) is 7.11 Å². The van der Waals surface area contributed by atoms with Crippen molar-refractivity contribution in [3.8, 4) is 0 Å². The number of carbonyl (C=O) groups is 3. The summed E-state index contributed by atoms with van der Waals surface area (Å²) in [6.07, 6.45) is 7.80. The van der Waals surface area contributed by atoms with Gasteiger partial charge in [0, 0.05) is 52.0 Å². The summed E-state index contributed by atoms with van der Waals surface area (Å²) in [7, 11) is 1.76. The SMILES string of the molecule is CCCCCNC(=O)CCN1C(=O)C=CC1=O.CCOCCC(C)(CC)OC. The summed E-state index contributed by atoms with van der Waals surface area (Å²) >= 11 is 0. The Kier molecular flexibility index (Phi) is 14.3. The van der Waals surface area contributed by atoms with Gasteiger partial charge in [0.15, 0.2) is 0 Å². The summed E-state index contributed by atoms with van der Waals surface area (Å²) in [5.74, 6) is -0.795. The van der Waals surface area contributed by atoms with E-state index < -0.39 is 0 Å². The Bertz CT molecular complexity index is 483. The lowest BCUT2D eigenvalue weighted by atomic mass is 10.00. The van der Waals surface area contributed by atoms with Gasteiger partial charge in [0.1, 0.15) is 0 Å². The predicted octanol–water partition coefficient (Wildman–Crippen LogP) is 2.84. The summed E-state index contributed by atoms with van der Waals surface area (Å²) in [6, 6.07) is 0. The monoisotopic (exact) mass is 398 g/mol. The van der Waals surface area contributed by atoms with Crippen molar-refractivity contribution in [3.05, 3.63) is 12.2 Å². The molecule has 0 aromatic rings. The van der Waals surface area contributed by atoms with Crippen LogP contribution in [0.5, 0.6) is 0 Å². The molecule has 1 aliphatic heterocycles. The van der Waals surface area contributed by atoms with E-state index in [1.165, 1.54) is 12.2 Å². The molecule has 0 radical (unpaired) electrons. The van der Waals surface area contributed by atoms with Crippen LogP contribution in [-0.2, 0) is 23.9 Å². The number of methoxy groups -OCH3 is 1. The summed E-state index contributed by atoms with van der Waals surface area (Å²) in [4.78, 5) is 34.8. The fourth-order valence-corrected chi connectivity index (χ4v) is 2.41. The predicted molar refractivity (Wildman–Crippen MR) is 110 cm³/mol. The topological polar surface area (TPSA) is 84.9 Å². The second kappa shape index (κ2) is 15.2. The van der Waals surface area contributed by atoms with Gasteiger partial charge in [-0.05, 0) is 33.1 Å². The van der Waals surface area contributed by atoms with E-state index in [4.69, 9.17) is 9.47 Å². The van der Waals surface area contributed by atoms with Crippen LogP contribution in [0.3, 0.4) is 0 Å². The molecule has 1 unspecified atom stereocenters. The maximum atomic E-state index is 11.4. The van der Waals surface area contributed by atoms with Crippen molar-refractivity contribution in [2.45, 2.75) is 71.8 Å². The quantitative estimate of drug-likeness (QED) is 0.381. The molecule has 0 fully saturated rings. The second-order valence-corrected chi connectivity index (χ2v) is 6.92. The van der Waals surface area contributed by atoms with Gasteiger partial charge in [-0.25, -0.2) is 0 Å². The Hall–Kier alpha value is -1.73. The third kappa shape index (κ3) is 11.2. The van der Waals surface area contributed by atoms with Crippen LogP contribution >= 0.6 is 0 Å². The highest BCUT2D eigenvalue weighted by Crippen LogP contribution is 2.18. The summed E-state index contributed by atoms with van der Waals surface area (Å²) in [5, 5.41) is 2.76. The first kappa shape index (κ1) is 26.3. The van der Waals surface area contributed by atoms with Gasteiger partial charge in [0.2, 0.25) is 5.91 Å². The Morgan fingerprint density at radius 3 is 2.29 bits per heavy atom. The Balaban J connectivity index is 0.000000576. The van der Waals surface area contributed by atoms with Crippen LogP contribution in [0.1, 0.15) is 66.2 Å². The molecule has 0 saturated carbocycles. The lowest BCUT2D eigenvalue weighted by Crippen LogP contribution is -2.34. The summed E-state index contributed by atoms with van der Waals surface area (Å²) in [5.41, 5.74) is 0.00910. The van der Waals surface area contributed by atoms with Gasteiger partial charge in [-0.15, -0.1) is 0 Å². The molecule has 1 aliphatic rings. The van der Waals surface area contributed by atoms with Crippen LogP contribution in [-0.4, -0.2) is 61.6 Å². The second-order valence-electron chi connectivity index (χ2n) is 6.92. The van der Waals surface area contributed by atoms with Gasteiger partial charge >= 0.3 is 0 Å². The van der Waals surface area contributed by atoms with E-state index in [2.05, 4.69) is 26.1 Å². The van der Waals surface area contributed by atoms with Crippen LogP contribution in [0.4, 0.5) is 0 Å². The number of hydrogen-bond acceptors (Lipinski definition) is 5. The van der Waals surface area contributed by atoms with Crippen molar-refractivity contribution >= 4 is 17.7 Å². The molecular weight excluding hydrogens is 360 g/mol. The first-order valence-corrected chi connectivity index (χ1v) is 10.3. The number of nitrogens with zero attached hydrogens (tertiary/aromatic N) is 1. The average molecular weight is 399 g/mol. The average Bonchev–Trinajstić information content (AvgIpc) is 3.02. The molecule has 3 amide bonds. The molecule has 1 heterocycles. The molecule has 0 saturated heterocycles. The minimum atomic E-state index is -0.339. The largest absolute Gasteiger partial charge is 0.382 e. The first-order valence-electron chi connectivity index (χ1n) is 10.3. The molecule has 0 aromatic heterocycles. The highest BCUT2D eigenvalue weighted by molar-refractivity contribution is 6.13. The van der Waals surface area contributed by atoms with Gasteiger partial charge in [-0.1, -0.05) is 26.7 Å². The number of amides is 3. The molecule has 0 aliphatic carbocycles. The van der Waals surface area contributed by atoms with Gasteiger partial charge in [0.25, 0.3) is 11.8 Å². The molecular formula is C21H38N2O5. The van der Waals surface area contributed by atoms with Gasteiger partial charge in [0.05, 0.1) is 5.60 Å². The van der Waals surface area contributed by atoms with Crippen molar-refractivity contribution < 1.29 is 23.9 Å². The zero-order chi connectivity index (χ0) is 21.4. The summed E-state index contributed by atoms with van der Waals surface area (Å²) in [6.45, 7) is 10.8.